The van der Waals surface area contributed by atoms with Crippen LogP contribution in [0.4, 0.5) is 0 Å². The molecule has 0 saturated heterocycles. The number of furan rings is 1. The van der Waals surface area contributed by atoms with E-state index in [1.165, 1.54) is 18.4 Å². The Hall–Kier alpha value is -0.440. The van der Waals surface area contributed by atoms with Crippen molar-refractivity contribution < 1.29 is 9.15 Å². The lowest BCUT2D eigenvalue weighted by Gasteiger charge is -2.02. The summed E-state index contributed by atoms with van der Waals surface area (Å²) < 4.78 is 11.5. The van der Waals surface area contributed by atoms with Gasteiger partial charge in [-0.2, -0.15) is 0 Å². The van der Waals surface area contributed by atoms with Crippen LogP contribution in [0, 0.1) is 5.92 Å². The van der Waals surface area contributed by atoms with Crippen molar-refractivity contribution in [2.24, 2.45) is 5.92 Å². The first-order valence-corrected chi connectivity index (χ1v) is 5.05. The highest BCUT2D eigenvalue weighted by molar-refractivity contribution is 9.10. The smallest absolute Gasteiger partial charge is 0.211 e. The molecule has 2 heterocycles. The first-order chi connectivity index (χ1) is 5.86. The number of fused-ring (bicyclic) bond motifs is 1. The van der Waals surface area contributed by atoms with Gasteiger partial charge in [-0.25, -0.2) is 0 Å². The Morgan fingerprint density at radius 3 is 3.00 bits per heavy atom. The van der Waals surface area contributed by atoms with Crippen molar-refractivity contribution in [2.45, 2.75) is 18.8 Å². The van der Waals surface area contributed by atoms with E-state index >= 15 is 0 Å². The molecule has 1 atom stereocenters. The average Bonchev–Trinajstić information content (AvgIpc) is 2.71. The maximum atomic E-state index is 5.54. The Labute approximate surface area is 79.0 Å². The van der Waals surface area contributed by atoms with Gasteiger partial charge in [0.25, 0.3) is 0 Å². The predicted octanol–water partition coefficient (Wildman–Crippen LogP) is 2.93. The Bertz CT molecular complexity index is 314. The molecule has 1 aromatic heterocycles. The predicted molar refractivity (Wildman–Crippen MR) is 47.4 cm³/mol. The average molecular weight is 229 g/mol. The van der Waals surface area contributed by atoms with Gasteiger partial charge in [0.05, 0.1) is 12.9 Å². The molecule has 1 aliphatic carbocycles. The maximum absolute atomic E-state index is 5.54. The van der Waals surface area contributed by atoms with Gasteiger partial charge in [0, 0.05) is 11.5 Å². The van der Waals surface area contributed by atoms with Crippen LogP contribution in [0.5, 0.6) is 5.75 Å². The Balaban J connectivity index is 2.01. The highest BCUT2D eigenvalue weighted by Crippen LogP contribution is 2.51. The first kappa shape index (κ1) is 7.01. The van der Waals surface area contributed by atoms with Gasteiger partial charge in [-0.15, -0.1) is 0 Å². The Morgan fingerprint density at radius 1 is 1.42 bits per heavy atom. The van der Waals surface area contributed by atoms with Crippen molar-refractivity contribution >= 4 is 15.9 Å². The molecule has 2 nitrogen and oxygen atoms in total. The molecule has 3 rings (SSSR count). The molecule has 0 bridgehead atoms. The fourth-order valence-electron chi connectivity index (χ4n) is 1.88. The van der Waals surface area contributed by atoms with E-state index in [1.807, 2.05) is 6.26 Å². The van der Waals surface area contributed by atoms with Crippen LogP contribution in [0.25, 0.3) is 0 Å². The van der Waals surface area contributed by atoms with E-state index in [9.17, 15) is 0 Å². The summed E-state index contributed by atoms with van der Waals surface area (Å²) in [5.74, 6) is 2.40. The van der Waals surface area contributed by atoms with Crippen molar-refractivity contribution in [3.8, 4) is 5.75 Å². The quantitative estimate of drug-likeness (QED) is 0.738. The summed E-state index contributed by atoms with van der Waals surface area (Å²) in [4.78, 5) is 0. The lowest BCUT2D eigenvalue weighted by molar-refractivity contribution is 0.306. The molecule has 0 aromatic carbocycles. The summed E-state index contributed by atoms with van der Waals surface area (Å²) in [6, 6.07) is 0. The zero-order valence-electron chi connectivity index (χ0n) is 6.55. The van der Waals surface area contributed by atoms with Gasteiger partial charge in [0.1, 0.15) is 0 Å². The molecule has 64 valence electrons. The molecular formula is C9H9BrO2. The van der Waals surface area contributed by atoms with E-state index in [2.05, 4.69) is 15.9 Å². The molecular weight excluding hydrogens is 220 g/mol. The second kappa shape index (κ2) is 2.28. The lowest BCUT2D eigenvalue weighted by Crippen LogP contribution is -2.02. The Kier molecular flexibility index (Phi) is 1.33. The van der Waals surface area contributed by atoms with Crippen molar-refractivity contribution in [2.75, 3.05) is 6.61 Å². The van der Waals surface area contributed by atoms with Gasteiger partial charge >= 0.3 is 0 Å². The lowest BCUT2D eigenvalue weighted by atomic mass is 10.00. The minimum Gasteiger partial charge on any atom is -0.488 e. The van der Waals surface area contributed by atoms with Gasteiger partial charge in [-0.1, -0.05) is 0 Å². The molecule has 1 unspecified atom stereocenters. The third-order valence-corrected chi connectivity index (χ3v) is 3.27. The van der Waals surface area contributed by atoms with Crippen molar-refractivity contribution in [3.63, 3.8) is 0 Å². The standard InChI is InChI=1S/C9H9BrO2/c10-9-8-7(4-12-9)6(3-11-8)5-1-2-5/h4-6H,1-3H2. The summed E-state index contributed by atoms with van der Waals surface area (Å²) in [5.41, 5.74) is 1.27. The molecule has 1 fully saturated rings. The number of hydrogen-bond acceptors (Lipinski definition) is 2. The van der Waals surface area contributed by atoms with Crippen LogP contribution in [-0.2, 0) is 0 Å². The second-order valence-corrected chi connectivity index (χ2v) is 4.27. The third kappa shape index (κ3) is 0.859. The second-order valence-electron chi connectivity index (χ2n) is 3.55. The molecule has 0 spiro atoms. The maximum Gasteiger partial charge on any atom is 0.211 e. The summed E-state index contributed by atoms with van der Waals surface area (Å²) in [7, 11) is 0. The monoisotopic (exact) mass is 228 g/mol. The fourth-order valence-corrected chi connectivity index (χ4v) is 2.32. The van der Waals surface area contributed by atoms with E-state index in [0.717, 1.165) is 22.9 Å². The van der Waals surface area contributed by atoms with Gasteiger partial charge < -0.3 is 9.15 Å². The van der Waals surface area contributed by atoms with E-state index in [0.29, 0.717) is 5.92 Å². The summed E-state index contributed by atoms with van der Waals surface area (Å²) in [5, 5.41) is 0. The fraction of sp³-hybridized carbons (Fsp3) is 0.556. The van der Waals surface area contributed by atoms with Gasteiger partial charge in [-0.3, -0.25) is 0 Å². The molecule has 1 aromatic rings. The van der Waals surface area contributed by atoms with E-state index in [4.69, 9.17) is 9.15 Å². The number of hydrogen-bond donors (Lipinski definition) is 0. The van der Waals surface area contributed by atoms with Crippen LogP contribution < -0.4 is 4.74 Å². The molecule has 12 heavy (non-hydrogen) atoms. The molecule has 3 heteroatoms. The van der Waals surface area contributed by atoms with Crippen LogP contribution >= 0.6 is 15.9 Å². The van der Waals surface area contributed by atoms with E-state index < -0.39 is 0 Å². The van der Waals surface area contributed by atoms with Crippen LogP contribution in [0.15, 0.2) is 15.3 Å². The van der Waals surface area contributed by atoms with Crippen LogP contribution in [-0.4, -0.2) is 6.61 Å². The number of halogens is 1. The van der Waals surface area contributed by atoms with E-state index in [-0.39, 0.29) is 0 Å². The molecule has 0 amide bonds. The zero-order chi connectivity index (χ0) is 8.13. The molecule has 1 saturated carbocycles. The number of ether oxygens (including phenoxy) is 1. The normalized spacial score (nSPS) is 26.9. The first-order valence-electron chi connectivity index (χ1n) is 4.26. The van der Waals surface area contributed by atoms with Crippen LogP contribution in [0.1, 0.15) is 24.3 Å². The van der Waals surface area contributed by atoms with Gasteiger partial charge in [0.15, 0.2) is 5.75 Å². The molecule has 2 aliphatic rings. The largest absolute Gasteiger partial charge is 0.488 e. The zero-order valence-corrected chi connectivity index (χ0v) is 8.13. The highest BCUT2D eigenvalue weighted by atomic mass is 79.9. The molecule has 0 N–H and O–H groups in total. The van der Waals surface area contributed by atoms with Gasteiger partial charge in [0.2, 0.25) is 4.67 Å². The summed E-state index contributed by atoms with van der Waals surface area (Å²) in [6.45, 7) is 0.851. The highest BCUT2D eigenvalue weighted by Gasteiger charge is 2.39. The van der Waals surface area contributed by atoms with E-state index in [1.54, 1.807) is 0 Å². The minimum absolute atomic E-state index is 0.607. The summed E-state index contributed by atoms with van der Waals surface area (Å²) >= 11 is 3.32. The number of rotatable bonds is 1. The third-order valence-electron chi connectivity index (χ3n) is 2.73. The van der Waals surface area contributed by atoms with Crippen molar-refractivity contribution in [1.29, 1.82) is 0 Å². The van der Waals surface area contributed by atoms with Crippen LogP contribution in [0.2, 0.25) is 0 Å². The van der Waals surface area contributed by atoms with Crippen LogP contribution in [0.3, 0.4) is 0 Å². The van der Waals surface area contributed by atoms with Crippen molar-refractivity contribution in [3.05, 3.63) is 16.5 Å². The van der Waals surface area contributed by atoms with Gasteiger partial charge in [-0.05, 0) is 34.7 Å². The SMILES string of the molecule is Brc1occ2c1OCC2C1CC1. The molecule has 1 aliphatic heterocycles. The molecule has 0 radical (unpaired) electrons. The summed E-state index contributed by atoms with van der Waals surface area (Å²) in [6.07, 6.45) is 4.54. The van der Waals surface area contributed by atoms with Crippen molar-refractivity contribution in [1.82, 2.24) is 0 Å². The minimum atomic E-state index is 0.607. The topological polar surface area (TPSA) is 22.4 Å². The Morgan fingerprint density at radius 2 is 2.25 bits per heavy atom.